The zero-order chi connectivity index (χ0) is 13.1. The van der Waals surface area contributed by atoms with Gasteiger partial charge in [-0.3, -0.25) is 15.0 Å². The second-order valence-electron chi connectivity index (χ2n) is 4.72. The fourth-order valence-electron chi connectivity index (χ4n) is 2.60. The van der Waals surface area contributed by atoms with Gasteiger partial charge in [0.1, 0.15) is 0 Å². The third kappa shape index (κ3) is 2.90. The van der Waals surface area contributed by atoms with E-state index in [-0.39, 0.29) is 10.6 Å². The Balaban J connectivity index is 2.14. The Morgan fingerprint density at radius 1 is 1.56 bits per heavy atom. The van der Waals surface area contributed by atoms with Crippen LogP contribution in [0.1, 0.15) is 31.7 Å². The lowest BCUT2D eigenvalue weighted by atomic mass is 10.1. The minimum Gasteiger partial charge on any atom is -0.296 e. The largest absolute Gasteiger partial charge is 0.296 e. The molecule has 0 spiro atoms. The van der Waals surface area contributed by atoms with Gasteiger partial charge >= 0.3 is 0 Å². The van der Waals surface area contributed by atoms with Crippen LogP contribution in [0.25, 0.3) is 0 Å². The van der Waals surface area contributed by atoms with E-state index in [1.165, 1.54) is 12.8 Å². The summed E-state index contributed by atoms with van der Waals surface area (Å²) in [5.41, 5.74) is 1.17. The van der Waals surface area contributed by atoms with E-state index < -0.39 is 0 Å². The maximum Gasteiger partial charge on any atom is 0.283 e. The molecular weight excluding hydrogens is 296 g/mol. The van der Waals surface area contributed by atoms with Crippen LogP contribution in [0.2, 0.25) is 0 Å². The number of likely N-dealkylation sites (tertiary alicyclic amines) is 1. The SMILES string of the molecule is CCC1CCCN1Cc1ccc(Br)c([N+](=O)[O-])c1. The summed E-state index contributed by atoms with van der Waals surface area (Å²) < 4.78 is 0.546. The fourth-order valence-corrected chi connectivity index (χ4v) is 2.99. The van der Waals surface area contributed by atoms with Gasteiger partial charge < -0.3 is 0 Å². The van der Waals surface area contributed by atoms with E-state index in [0.29, 0.717) is 10.5 Å². The van der Waals surface area contributed by atoms with Crippen molar-refractivity contribution in [3.05, 3.63) is 38.3 Å². The van der Waals surface area contributed by atoms with Crippen molar-refractivity contribution in [2.75, 3.05) is 6.54 Å². The quantitative estimate of drug-likeness (QED) is 0.628. The number of nitro groups is 1. The predicted octanol–water partition coefficient (Wildman–Crippen LogP) is 3.73. The molecule has 1 atom stereocenters. The Labute approximate surface area is 115 Å². The van der Waals surface area contributed by atoms with Gasteiger partial charge in [0.15, 0.2) is 0 Å². The molecular formula is C13H17BrN2O2. The summed E-state index contributed by atoms with van der Waals surface area (Å²) in [5.74, 6) is 0. The molecule has 1 saturated heterocycles. The molecule has 0 N–H and O–H groups in total. The molecule has 1 aromatic rings. The van der Waals surface area contributed by atoms with Gasteiger partial charge in [-0.15, -0.1) is 0 Å². The number of nitrogens with zero attached hydrogens (tertiary/aromatic N) is 2. The van der Waals surface area contributed by atoms with E-state index in [9.17, 15) is 10.1 Å². The Morgan fingerprint density at radius 2 is 2.33 bits per heavy atom. The van der Waals surface area contributed by atoms with Gasteiger partial charge in [-0.05, 0) is 53.4 Å². The van der Waals surface area contributed by atoms with Gasteiger partial charge in [-0.1, -0.05) is 13.0 Å². The van der Waals surface area contributed by atoms with E-state index in [2.05, 4.69) is 27.8 Å². The van der Waals surface area contributed by atoms with Gasteiger partial charge in [0.05, 0.1) is 9.40 Å². The van der Waals surface area contributed by atoms with Crippen LogP contribution in [-0.4, -0.2) is 22.4 Å². The molecule has 0 radical (unpaired) electrons. The molecule has 0 bridgehead atoms. The molecule has 98 valence electrons. The molecule has 5 heteroatoms. The van der Waals surface area contributed by atoms with Crippen molar-refractivity contribution >= 4 is 21.6 Å². The predicted molar refractivity (Wildman–Crippen MR) is 74.5 cm³/mol. The monoisotopic (exact) mass is 312 g/mol. The number of benzene rings is 1. The van der Waals surface area contributed by atoms with Crippen LogP contribution >= 0.6 is 15.9 Å². The Bertz CT molecular complexity index is 451. The average Bonchev–Trinajstić information content (AvgIpc) is 2.78. The van der Waals surface area contributed by atoms with Crippen LogP contribution < -0.4 is 0 Å². The van der Waals surface area contributed by atoms with Crippen LogP contribution in [-0.2, 0) is 6.54 Å². The maximum absolute atomic E-state index is 10.9. The zero-order valence-electron chi connectivity index (χ0n) is 10.4. The van der Waals surface area contributed by atoms with Gasteiger partial charge in [0, 0.05) is 18.7 Å². The van der Waals surface area contributed by atoms with E-state index in [1.54, 1.807) is 12.1 Å². The topological polar surface area (TPSA) is 46.4 Å². The third-order valence-corrected chi connectivity index (χ3v) is 4.23. The molecule has 1 heterocycles. The summed E-state index contributed by atoms with van der Waals surface area (Å²) >= 11 is 3.21. The van der Waals surface area contributed by atoms with Crippen LogP contribution in [0.5, 0.6) is 0 Å². The first-order valence-corrected chi connectivity index (χ1v) is 7.08. The molecule has 1 aliphatic heterocycles. The standard InChI is InChI=1S/C13H17BrN2O2/c1-2-11-4-3-7-15(11)9-10-5-6-12(14)13(8-10)16(17)18/h5-6,8,11H,2-4,7,9H2,1H3. The molecule has 1 fully saturated rings. The summed E-state index contributed by atoms with van der Waals surface area (Å²) in [6.45, 7) is 4.11. The molecule has 0 saturated carbocycles. The molecule has 0 aromatic heterocycles. The van der Waals surface area contributed by atoms with Crippen molar-refractivity contribution in [2.24, 2.45) is 0 Å². The Hall–Kier alpha value is -0.940. The maximum atomic E-state index is 10.9. The second-order valence-corrected chi connectivity index (χ2v) is 5.57. The first-order chi connectivity index (χ1) is 8.61. The summed E-state index contributed by atoms with van der Waals surface area (Å²) in [7, 11) is 0. The average molecular weight is 313 g/mol. The van der Waals surface area contributed by atoms with E-state index in [4.69, 9.17) is 0 Å². The molecule has 0 amide bonds. The van der Waals surface area contributed by atoms with Gasteiger partial charge in [-0.2, -0.15) is 0 Å². The van der Waals surface area contributed by atoms with Crippen LogP contribution in [0.15, 0.2) is 22.7 Å². The van der Waals surface area contributed by atoms with Crippen molar-refractivity contribution < 1.29 is 4.92 Å². The Kier molecular flexibility index (Phi) is 4.35. The first kappa shape index (κ1) is 13.5. The van der Waals surface area contributed by atoms with Gasteiger partial charge in [0.2, 0.25) is 0 Å². The van der Waals surface area contributed by atoms with Crippen molar-refractivity contribution in [3.8, 4) is 0 Å². The number of halogens is 1. The van der Waals surface area contributed by atoms with Crippen LogP contribution in [0.3, 0.4) is 0 Å². The minimum atomic E-state index is -0.338. The third-order valence-electron chi connectivity index (χ3n) is 3.56. The van der Waals surface area contributed by atoms with Crippen molar-refractivity contribution in [3.63, 3.8) is 0 Å². The highest BCUT2D eigenvalue weighted by Crippen LogP contribution is 2.28. The lowest BCUT2D eigenvalue weighted by Crippen LogP contribution is -2.28. The van der Waals surface area contributed by atoms with E-state index in [1.807, 2.05) is 6.07 Å². The molecule has 0 aliphatic carbocycles. The number of rotatable bonds is 4. The highest BCUT2D eigenvalue weighted by molar-refractivity contribution is 9.10. The normalized spacial score (nSPS) is 20.2. The van der Waals surface area contributed by atoms with E-state index >= 15 is 0 Å². The lowest BCUT2D eigenvalue weighted by Gasteiger charge is -2.23. The summed E-state index contributed by atoms with van der Waals surface area (Å²) in [4.78, 5) is 13.0. The number of nitro benzene ring substituents is 1. The number of hydrogen-bond acceptors (Lipinski definition) is 3. The van der Waals surface area contributed by atoms with Crippen molar-refractivity contribution in [1.29, 1.82) is 0 Å². The first-order valence-electron chi connectivity index (χ1n) is 6.28. The fraction of sp³-hybridized carbons (Fsp3) is 0.538. The van der Waals surface area contributed by atoms with E-state index in [0.717, 1.165) is 25.1 Å². The molecule has 1 aliphatic rings. The summed E-state index contributed by atoms with van der Waals surface area (Å²) in [5, 5.41) is 10.9. The molecule has 18 heavy (non-hydrogen) atoms. The van der Waals surface area contributed by atoms with Crippen LogP contribution in [0.4, 0.5) is 5.69 Å². The highest BCUT2D eigenvalue weighted by atomic mass is 79.9. The Morgan fingerprint density at radius 3 is 3.00 bits per heavy atom. The zero-order valence-corrected chi connectivity index (χ0v) is 12.0. The highest BCUT2D eigenvalue weighted by Gasteiger charge is 2.23. The minimum absolute atomic E-state index is 0.153. The lowest BCUT2D eigenvalue weighted by molar-refractivity contribution is -0.385. The van der Waals surface area contributed by atoms with Crippen LogP contribution in [0, 0.1) is 10.1 Å². The van der Waals surface area contributed by atoms with Gasteiger partial charge in [-0.25, -0.2) is 0 Å². The van der Waals surface area contributed by atoms with Crippen molar-refractivity contribution in [1.82, 2.24) is 4.90 Å². The number of hydrogen-bond donors (Lipinski definition) is 0. The van der Waals surface area contributed by atoms with Crippen molar-refractivity contribution in [2.45, 2.75) is 38.8 Å². The smallest absolute Gasteiger partial charge is 0.283 e. The summed E-state index contributed by atoms with van der Waals surface area (Å²) in [6, 6.07) is 6.04. The summed E-state index contributed by atoms with van der Waals surface area (Å²) in [6.07, 6.45) is 3.63. The van der Waals surface area contributed by atoms with Gasteiger partial charge in [0.25, 0.3) is 5.69 Å². The molecule has 1 unspecified atom stereocenters. The molecule has 4 nitrogen and oxygen atoms in total. The second kappa shape index (κ2) is 5.80. The molecule has 2 rings (SSSR count). The molecule has 1 aromatic carbocycles.